The second kappa shape index (κ2) is 5.75. The second-order valence-electron chi connectivity index (χ2n) is 4.36. The third kappa shape index (κ3) is 3.41. The zero-order chi connectivity index (χ0) is 17.2. The topological polar surface area (TPSA) is 64.9 Å². The van der Waals surface area contributed by atoms with E-state index in [9.17, 15) is 31.1 Å². The normalized spacial score (nSPS) is 12.5. The highest BCUT2D eigenvalue weighted by atomic mass is 19.4. The molecule has 0 spiro atoms. The molecule has 0 aromatic heterocycles. The summed E-state index contributed by atoms with van der Waals surface area (Å²) < 4.78 is 75.8. The average molecular weight is 325 g/mol. The van der Waals surface area contributed by atoms with Gasteiger partial charge >= 0.3 is 18.4 Å². The number of hydrogen-bond donors (Lipinski definition) is 2. The average Bonchev–Trinajstić information content (AvgIpc) is 2.36. The molecule has 0 saturated carbocycles. The SMILES string of the molecule is CC(NC(=O)Nc1ccccc1C#N)(C(F)(F)F)C(F)(F)F. The molecule has 0 heterocycles. The number of rotatable bonds is 2. The molecule has 0 fully saturated rings. The van der Waals surface area contributed by atoms with Crippen LogP contribution in [-0.2, 0) is 0 Å². The summed E-state index contributed by atoms with van der Waals surface area (Å²) in [6.07, 6.45) is -11.5. The molecule has 0 aliphatic heterocycles. The van der Waals surface area contributed by atoms with Gasteiger partial charge in [-0.3, -0.25) is 0 Å². The molecule has 0 atom stereocenters. The molecule has 0 aliphatic carbocycles. The first-order chi connectivity index (χ1) is 9.92. The highest BCUT2D eigenvalue weighted by molar-refractivity contribution is 5.91. The molecule has 0 radical (unpaired) electrons. The fourth-order valence-corrected chi connectivity index (χ4v) is 1.37. The number of para-hydroxylation sites is 1. The molecule has 2 N–H and O–H groups in total. The Morgan fingerprint density at radius 3 is 2.05 bits per heavy atom. The van der Waals surface area contributed by atoms with E-state index in [0.717, 1.165) is 11.4 Å². The fraction of sp³-hybridized carbons (Fsp3) is 0.333. The molecule has 1 aromatic rings. The number of amides is 2. The van der Waals surface area contributed by atoms with E-state index in [2.05, 4.69) is 0 Å². The fourth-order valence-electron chi connectivity index (χ4n) is 1.37. The summed E-state index contributed by atoms with van der Waals surface area (Å²) in [4.78, 5) is 11.5. The van der Waals surface area contributed by atoms with Gasteiger partial charge in [-0.05, 0) is 19.1 Å². The van der Waals surface area contributed by atoms with Crippen LogP contribution in [0.1, 0.15) is 12.5 Å². The molecule has 0 saturated heterocycles. The van der Waals surface area contributed by atoms with Crippen molar-refractivity contribution in [2.75, 3.05) is 5.32 Å². The van der Waals surface area contributed by atoms with E-state index in [-0.39, 0.29) is 18.2 Å². The summed E-state index contributed by atoms with van der Waals surface area (Å²) in [5, 5.41) is 11.4. The molecule has 1 rings (SSSR count). The van der Waals surface area contributed by atoms with E-state index in [0.29, 0.717) is 0 Å². The van der Waals surface area contributed by atoms with Crippen molar-refractivity contribution in [2.45, 2.75) is 24.8 Å². The number of urea groups is 1. The van der Waals surface area contributed by atoms with Crippen molar-refractivity contribution in [1.29, 1.82) is 5.26 Å². The van der Waals surface area contributed by atoms with Gasteiger partial charge in [0.25, 0.3) is 0 Å². The maximum atomic E-state index is 12.6. The largest absolute Gasteiger partial charge is 0.420 e. The van der Waals surface area contributed by atoms with Crippen LogP contribution in [0.25, 0.3) is 0 Å². The van der Waals surface area contributed by atoms with Crippen LogP contribution in [0.4, 0.5) is 36.8 Å². The van der Waals surface area contributed by atoms with E-state index in [1.54, 1.807) is 11.4 Å². The van der Waals surface area contributed by atoms with Crippen molar-refractivity contribution in [3.8, 4) is 6.07 Å². The van der Waals surface area contributed by atoms with Crippen molar-refractivity contribution in [1.82, 2.24) is 5.32 Å². The molecule has 1 aromatic carbocycles. The van der Waals surface area contributed by atoms with Gasteiger partial charge in [0.15, 0.2) is 0 Å². The van der Waals surface area contributed by atoms with Gasteiger partial charge < -0.3 is 10.6 Å². The Labute approximate surface area is 120 Å². The van der Waals surface area contributed by atoms with E-state index in [4.69, 9.17) is 5.26 Å². The van der Waals surface area contributed by atoms with Gasteiger partial charge in [0, 0.05) is 0 Å². The molecule has 0 bridgehead atoms. The predicted molar refractivity (Wildman–Crippen MR) is 63.8 cm³/mol. The van der Waals surface area contributed by atoms with E-state index < -0.39 is 23.9 Å². The minimum atomic E-state index is -5.75. The quantitative estimate of drug-likeness (QED) is 0.817. The number of benzene rings is 1. The Hall–Kier alpha value is -2.44. The monoisotopic (exact) mass is 325 g/mol. The summed E-state index contributed by atoms with van der Waals surface area (Å²) in [5.74, 6) is 0. The lowest BCUT2D eigenvalue weighted by Gasteiger charge is -2.34. The highest BCUT2D eigenvalue weighted by Crippen LogP contribution is 2.42. The number of anilines is 1. The Balaban J connectivity index is 3.02. The van der Waals surface area contributed by atoms with Gasteiger partial charge in [0.05, 0.1) is 11.3 Å². The third-order valence-corrected chi connectivity index (χ3v) is 2.79. The Morgan fingerprint density at radius 1 is 1.09 bits per heavy atom. The van der Waals surface area contributed by atoms with Crippen molar-refractivity contribution in [3.05, 3.63) is 29.8 Å². The lowest BCUT2D eigenvalue weighted by atomic mass is 10.0. The van der Waals surface area contributed by atoms with E-state index in [1.165, 1.54) is 18.2 Å². The molecular formula is C12H9F6N3O. The van der Waals surface area contributed by atoms with Gasteiger partial charge in [-0.2, -0.15) is 31.6 Å². The molecule has 0 unspecified atom stereocenters. The highest BCUT2D eigenvalue weighted by Gasteiger charge is 2.68. The van der Waals surface area contributed by atoms with Crippen molar-refractivity contribution in [3.63, 3.8) is 0 Å². The smallest absolute Gasteiger partial charge is 0.316 e. The summed E-state index contributed by atoms with van der Waals surface area (Å²) in [7, 11) is 0. The van der Waals surface area contributed by atoms with Gasteiger partial charge in [-0.25, -0.2) is 4.79 Å². The number of nitriles is 1. The molecule has 2 amide bonds. The number of nitrogens with zero attached hydrogens (tertiary/aromatic N) is 1. The molecule has 0 aliphatic rings. The van der Waals surface area contributed by atoms with Crippen molar-refractivity contribution in [2.24, 2.45) is 0 Å². The Morgan fingerprint density at radius 2 is 1.59 bits per heavy atom. The molecule has 22 heavy (non-hydrogen) atoms. The first-order valence-electron chi connectivity index (χ1n) is 5.64. The van der Waals surface area contributed by atoms with Crippen LogP contribution in [0, 0.1) is 11.3 Å². The summed E-state index contributed by atoms with van der Waals surface area (Å²) in [6, 6.07) is 5.07. The zero-order valence-corrected chi connectivity index (χ0v) is 10.9. The molecule has 10 heteroatoms. The molecular weight excluding hydrogens is 316 g/mol. The zero-order valence-electron chi connectivity index (χ0n) is 10.9. The van der Waals surface area contributed by atoms with Crippen LogP contribution in [0.5, 0.6) is 0 Å². The number of carbonyl (C=O) groups is 1. The molecule has 120 valence electrons. The minimum Gasteiger partial charge on any atom is -0.316 e. The van der Waals surface area contributed by atoms with Gasteiger partial charge in [0.2, 0.25) is 5.54 Å². The maximum absolute atomic E-state index is 12.6. The second-order valence-corrected chi connectivity index (χ2v) is 4.36. The van der Waals surface area contributed by atoms with Crippen LogP contribution in [0.3, 0.4) is 0 Å². The number of nitrogens with one attached hydrogen (secondary N) is 2. The third-order valence-electron chi connectivity index (χ3n) is 2.79. The lowest BCUT2D eigenvalue weighted by molar-refractivity contribution is -0.297. The van der Waals surface area contributed by atoms with Crippen molar-refractivity contribution < 1.29 is 31.1 Å². The molecule has 4 nitrogen and oxygen atoms in total. The van der Waals surface area contributed by atoms with Crippen LogP contribution >= 0.6 is 0 Å². The van der Waals surface area contributed by atoms with Crippen LogP contribution in [0.15, 0.2) is 24.3 Å². The minimum absolute atomic E-state index is 0.113. The van der Waals surface area contributed by atoms with Gasteiger partial charge in [-0.15, -0.1) is 0 Å². The van der Waals surface area contributed by atoms with Gasteiger partial charge in [-0.1, -0.05) is 12.1 Å². The van der Waals surface area contributed by atoms with Crippen LogP contribution < -0.4 is 10.6 Å². The van der Waals surface area contributed by atoms with Gasteiger partial charge in [0.1, 0.15) is 6.07 Å². The number of hydrogen-bond acceptors (Lipinski definition) is 2. The maximum Gasteiger partial charge on any atom is 0.420 e. The summed E-state index contributed by atoms with van der Waals surface area (Å²) >= 11 is 0. The number of alkyl halides is 6. The summed E-state index contributed by atoms with van der Waals surface area (Å²) in [5.41, 5.74) is -4.75. The number of carbonyl (C=O) groups excluding carboxylic acids is 1. The first-order valence-corrected chi connectivity index (χ1v) is 5.64. The number of halogens is 6. The Bertz CT molecular complexity index is 588. The lowest BCUT2D eigenvalue weighted by Crippen LogP contribution is -2.66. The van der Waals surface area contributed by atoms with Crippen LogP contribution in [-0.4, -0.2) is 23.9 Å². The Kier molecular flexibility index (Phi) is 4.60. The standard InChI is InChI=1S/C12H9F6N3O/c1-10(11(13,14)15,12(16,17)18)21-9(22)20-8-5-3-2-4-7(8)6-19/h2-5H,1H3,(H2,20,21,22). The first kappa shape index (κ1) is 17.6. The van der Waals surface area contributed by atoms with E-state index in [1.807, 2.05) is 0 Å². The van der Waals surface area contributed by atoms with Crippen LogP contribution in [0.2, 0.25) is 0 Å². The predicted octanol–water partition coefficient (Wildman–Crippen LogP) is 3.56. The summed E-state index contributed by atoms with van der Waals surface area (Å²) in [6.45, 7) is -0.192. The van der Waals surface area contributed by atoms with E-state index >= 15 is 0 Å². The van der Waals surface area contributed by atoms with Crippen molar-refractivity contribution >= 4 is 11.7 Å².